The Labute approximate surface area is 89.4 Å². The van der Waals surface area contributed by atoms with Gasteiger partial charge in [-0.2, -0.15) is 0 Å². The van der Waals surface area contributed by atoms with Crippen LogP contribution in [-0.4, -0.2) is 54.0 Å². The van der Waals surface area contributed by atoms with Crippen LogP contribution in [0.25, 0.3) is 0 Å². The van der Waals surface area contributed by atoms with E-state index >= 15 is 0 Å². The predicted octanol–water partition coefficient (Wildman–Crippen LogP) is -0.615. The van der Waals surface area contributed by atoms with Crippen LogP contribution in [0.5, 0.6) is 0 Å². The van der Waals surface area contributed by atoms with E-state index in [0.717, 1.165) is 19.4 Å². The maximum atomic E-state index is 11.8. The van der Waals surface area contributed by atoms with Crippen molar-refractivity contribution in [2.45, 2.75) is 32.0 Å². The van der Waals surface area contributed by atoms with Crippen LogP contribution in [0, 0.1) is 0 Å². The Balaban J connectivity index is 2.15. The van der Waals surface area contributed by atoms with Gasteiger partial charge < -0.3 is 9.80 Å². The fraction of sp³-hybridized carbons (Fsp3) is 0.800. The van der Waals surface area contributed by atoms with Gasteiger partial charge in [-0.3, -0.25) is 14.9 Å². The Morgan fingerprint density at radius 1 is 1.40 bits per heavy atom. The summed E-state index contributed by atoms with van der Waals surface area (Å²) in [5, 5.41) is 3.26. The third-order valence-electron chi connectivity index (χ3n) is 3.18. The van der Waals surface area contributed by atoms with Crippen LogP contribution in [-0.2, 0) is 9.59 Å². The molecule has 5 nitrogen and oxygen atoms in total. The number of nitrogens with one attached hydrogen (secondary N) is 1. The quantitative estimate of drug-likeness (QED) is 0.629. The van der Waals surface area contributed by atoms with Crippen molar-refractivity contribution in [3.05, 3.63) is 0 Å². The Kier molecular flexibility index (Phi) is 2.65. The molecule has 1 N–H and O–H groups in total. The summed E-state index contributed by atoms with van der Waals surface area (Å²) in [7, 11) is 1.68. The molecule has 0 aromatic heterocycles. The fourth-order valence-electron chi connectivity index (χ4n) is 2.36. The second-order valence-electron chi connectivity index (χ2n) is 4.28. The summed E-state index contributed by atoms with van der Waals surface area (Å²) < 4.78 is 0. The van der Waals surface area contributed by atoms with E-state index in [1.54, 1.807) is 18.9 Å². The zero-order chi connectivity index (χ0) is 11.0. The van der Waals surface area contributed by atoms with Crippen LogP contribution >= 0.6 is 0 Å². The van der Waals surface area contributed by atoms with Crippen LogP contribution in [0.2, 0.25) is 0 Å². The van der Waals surface area contributed by atoms with E-state index in [-0.39, 0.29) is 30.6 Å². The van der Waals surface area contributed by atoms with E-state index in [4.69, 9.17) is 0 Å². The van der Waals surface area contributed by atoms with Gasteiger partial charge in [0.05, 0.1) is 12.7 Å². The van der Waals surface area contributed by atoms with Crippen molar-refractivity contribution in [3.63, 3.8) is 0 Å². The highest BCUT2D eigenvalue weighted by Crippen LogP contribution is 2.18. The fourth-order valence-corrected chi connectivity index (χ4v) is 2.36. The van der Waals surface area contributed by atoms with E-state index < -0.39 is 0 Å². The third-order valence-corrected chi connectivity index (χ3v) is 3.18. The van der Waals surface area contributed by atoms with Crippen molar-refractivity contribution in [3.8, 4) is 0 Å². The number of hydrogen-bond acceptors (Lipinski definition) is 3. The van der Waals surface area contributed by atoms with E-state index in [9.17, 15) is 9.59 Å². The van der Waals surface area contributed by atoms with Gasteiger partial charge in [-0.1, -0.05) is 0 Å². The van der Waals surface area contributed by atoms with Crippen LogP contribution in [0.15, 0.2) is 0 Å². The lowest BCUT2D eigenvalue weighted by Crippen LogP contribution is -2.62. The Bertz CT molecular complexity index is 286. The first-order valence-electron chi connectivity index (χ1n) is 5.41. The normalized spacial score (nSPS) is 32.7. The van der Waals surface area contributed by atoms with Crippen molar-refractivity contribution in [2.75, 3.05) is 20.1 Å². The van der Waals surface area contributed by atoms with Crippen LogP contribution in [0.3, 0.4) is 0 Å². The molecule has 84 valence electrons. The highest BCUT2D eigenvalue weighted by Gasteiger charge is 2.39. The molecule has 0 radical (unpaired) electrons. The third kappa shape index (κ3) is 1.71. The van der Waals surface area contributed by atoms with Gasteiger partial charge in [-0.15, -0.1) is 0 Å². The molecule has 0 aliphatic carbocycles. The Morgan fingerprint density at radius 3 is 2.73 bits per heavy atom. The molecule has 15 heavy (non-hydrogen) atoms. The van der Waals surface area contributed by atoms with Crippen molar-refractivity contribution < 1.29 is 9.59 Å². The number of nitrogens with zero attached hydrogens (tertiary/aromatic N) is 2. The van der Waals surface area contributed by atoms with Crippen LogP contribution in [0.1, 0.15) is 19.8 Å². The van der Waals surface area contributed by atoms with E-state index in [1.165, 1.54) is 4.90 Å². The zero-order valence-electron chi connectivity index (χ0n) is 9.19. The van der Waals surface area contributed by atoms with Crippen LogP contribution in [0.4, 0.5) is 0 Å². The molecule has 2 rings (SSSR count). The van der Waals surface area contributed by atoms with Gasteiger partial charge in [-0.05, 0) is 26.3 Å². The average Bonchev–Trinajstić information content (AvgIpc) is 2.68. The molecular weight excluding hydrogens is 194 g/mol. The van der Waals surface area contributed by atoms with Gasteiger partial charge in [0, 0.05) is 7.05 Å². The highest BCUT2D eigenvalue weighted by molar-refractivity contribution is 5.94. The summed E-state index contributed by atoms with van der Waals surface area (Å²) in [5.41, 5.74) is 0. The SMILES string of the molecule is CC1C(=O)N(C)CC(=O)N1C1CCCN1. The molecule has 0 saturated carbocycles. The smallest absolute Gasteiger partial charge is 0.245 e. The first kappa shape index (κ1) is 10.4. The minimum atomic E-state index is -0.327. The Morgan fingerprint density at radius 2 is 2.13 bits per heavy atom. The molecule has 2 atom stereocenters. The molecule has 2 fully saturated rings. The number of piperazine rings is 1. The molecule has 2 heterocycles. The summed E-state index contributed by atoms with van der Waals surface area (Å²) in [6.45, 7) is 2.95. The van der Waals surface area contributed by atoms with Gasteiger partial charge >= 0.3 is 0 Å². The van der Waals surface area contributed by atoms with Gasteiger partial charge in [0.15, 0.2) is 0 Å². The maximum Gasteiger partial charge on any atom is 0.245 e. The number of hydrogen-bond donors (Lipinski definition) is 1. The summed E-state index contributed by atoms with van der Waals surface area (Å²) in [5.74, 6) is 0.0762. The van der Waals surface area contributed by atoms with Gasteiger partial charge in [0.2, 0.25) is 11.8 Å². The van der Waals surface area contributed by atoms with Crippen LogP contribution < -0.4 is 5.32 Å². The molecule has 5 heteroatoms. The monoisotopic (exact) mass is 211 g/mol. The molecule has 0 bridgehead atoms. The maximum absolute atomic E-state index is 11.8. The molecule has 2 amide bonds. The second-order valence-corrected chi connectivity index (χ2v) is 4.28. The molecule has 0 aromatic rings. The van der Waals surface area contributed by atoms with Crippen molar-refractivity contribution >= 4 is 11.8 Å². The largest absolute Gasteiger partial charge is 0.335 e. The van der Waals surface area contributed by atoms with Crippen molar-refractivity contribution in [1.29, 1.82) is 0 Å². The lowest BCUT2D eigenvalue weighted by atomic mass is 10.1. The van der Waals surface area contributed by atoms with E-state index in [1.807, 2.05) is 0 Å². The highest BCUT2D eigenvalue weighted by atomic mass is 16.2. The predicted molar refractivity (Wildman–Crippen MR) is 55.0 cm³/mol. The van der Waals surface area contributed by atoms with E-state index in [0.29, 0.717) is 0 Å². The molecule has 2 saturated heterocycles. The van der Waals surface area contributed by atoms with Gasteiger partial charge in [0.25, 0.3) is 0 Å². The number of amides is 2. The van der Waals surface area contributed by atoms with E-state index in [2.05, 4.69) is 5.32 Å². The minimum absolute atomic E-state index is 0.0308. The number of rotatable bonds is 1. The number of carbonyl (C=O) groups is 2. The molecule has 2 aliphatic heterocycles. The van der Waals surface area contributed by atoms with Gasteiger partial charge in [-0.25, -0.2) is 0 Å². The zero-order valence-corrected chi connectivity index (χ0v) is 9.19. The minimum Gasteiger partial charge on any atom is -0.335 e. The number of carbonyl (C=O) groups excluding carboxylic acids is 2. The summed E-state index contributed by atoms with van der Waals surface area (Å²) >= 11 is 0. The van der Waals surface area contributed by atoms with Crippen molar-refractivity contribution in [1.82, 2.24) is 15.1 Å². The van der Waals surface area contributed by atoms with Crippen molar-refractivity contribution in [2.24, 2.45) is 0 Å². The molecule has 2 unspecified atom stereocenters. The topological polar surface area (TPSA) is 52.7 Å². The molecule has 2 aliphatic rings. The first-order chi connectivity index (χ1) is 7.11. The lowest BCUT2D eigenvalue weighted by Gasteiger charge is -2.40. The second kappa shape index (κ2) is 3.81. The standard InChI is InChI=1S/C10H17N3O2/c1-7-10(15)12(2)6-9(14)13(7)8-4-3-5-11-8/h7-8,11H,3-6H2,1-2H3. The molecular formula is C10H17N3O2. The number of likely N-dealkylation sites (N-methyl/N-ethyl adjacent to an activating group) is 1. The molecule has 0 spiro atoms. The first-order valence-corrected chi connectivity index (χ1v) is 5.41. The molecule has 0 aromatic carbocycles. The lowest BCUT2D eigenvalue weighted by molar-refractivity contribution is -0.156. The summed E-state index contributed by atoms with van der Waals surface area (Å²) in [4.78, 5) is 26.8. The van der Waals surface area contributed by atoms with Gasteiger partial charge in [0.1, 0.15) is 6.04 Å². The average molecular weight is 211 g/mol. The summed E-state index contributed by atoms with van der Waals surface area (Å²) in [6.07, 6.45) is 2.09. The summed E-state index contributed by atoms with van der Waals surface area (Å²) in [6, 6.07) is -0.327. The Hall–Kier alpha value is -1.10.